The molecule has 0 spiro atoms. The summed E-state index contributed by atoms with van der Waals surface area (Å²) in [5.41, 5.74) is 5.08. The molecular weight excluding hydrogens is 312 g/mol. The van der Waals surface area contributed by atoms with Crippen LogP contribution in [0, 0.1) is 20.8 Å². The number of aryl methyl sites for hydroxylation is 3. The molecule has 2 aromatic carbocycles. The molecule has 0 saturated carbocycles. The third-order valence-corrected chi connectivity index (χ3v) is 4.69. The zero-order valence-corrected chi connectivity index (χ0v) is 15.0. The molecule has 1 aromatic heterocycles. The fraction of sp³-hybridized carbons (Fsp3) is 0.238. The monoisotopic (exact) mass is 334 g/mol. The summed E-state index contributed by atoms with van der Waals surface area (Å²) in [7, 11) is 1.68. The zero-order valence-electron chi connectivity index (χ0n) is 15.0. The lowest BCUT2D eigenvalue weighted by molar-refractivity contribution is 0.711. The molecule has 1 heterocycles. The van der Waals surface area contributed by atoms with Crippen LogP contribution in [0.4, 0.5) is 0 Å². The first-order chi connectivity index (χ1) is 11.9. The van der Waals surface area contributed by atoms with Crippen LogP contribution in [0.15, 0.2) is 58.1 Å². The van der Waals surface area contributed by atoms with Crippen LogP contribution >= 0.6 is 0 Å². The third-order valence-electron chi connectivity index (χ3n) is 4.69. The summed E-state index contributed by atoms with van der Waals surface area (Å²) in [5, 5.41) is 0. The quantitative estimate of drug-likeness (QED) is 0.739. The van der Waals surface area contributed by atoms with E-state index in [2.05, 4.69) is 19.1 Å². The molecule has 0 amide bonds. The Morgan fingerprint density at radius 1 is 0.880 bits per heavy atom. The van der Waals surface area contributed by atoms with Crippen LogP contribution in [0.3, 0.4) is 0 Å². The highest BCUT2D eigenvalue weighted by atomic mass is 16.2. The Morgan fingerprint density at radius 2 is 1.56 bits per heavy atom. The molecule has 4 nitrogen and oxygen atoms in total. The summed E-state index contributed by atoms with van der Waals surface area (Å²) in [6.07, 6.45) is 0.765. The molecule has 4 heteroatoms. The van der Waals surface area contributed by atoms with E-state index in [1.54, 1.807) is 14.0 Å². The maximum atomic E-state index is 12.6. The van der Waals surface area contributed by atoms with Crippen molar-refractivity contribution in [3.05, 3.63) is 97.3 Å². The Bertz CT molecular complexity index is 1040. The third kappa shape index (κ3) is 3.20. The molecule has 0 aliphatic rings. The van der Waals surface area contributed by atoms with Gasteiger partial charge in [-0.3, -0.25) is 4.79 Å². The standard InChI is InChI=1S/C21H22N2O2/c1-14-10-15(2)19(13-18(14)12-17-8-6-5-7-9-17)23-20(24)11-16(3)22(4)21(23)25/h5-11,13H,12H2,1-4H3. The molecule has 0 bridgehead atoms. The van der Waals surface area contributed by atoms with Gasteiger partial charge in [-0.1, -0.05) is 36.4 Å². The maximum Gasteiger partial charge on any atom is 0.335 e. The van der Waals surface area contributed by atoms with E-state index in [0.29, 0.717) is 11.4 Å². The summed E-state index contributed by atoms with van der Waals surface area (Å²) in [5.74, 6) is 0. The highest BCUT2D eigenvalue weighted by molar-refractivity contribution is 5.48. The van der Waals surface area contributed by atoms with Crippen molar-refractivity contribution in [2.75, 3.05) is 0 Å². The van der Waals surface area contributed by atoms with Gasteiger partial charge in [-0.05, 0) is 55.5 Å². The second-order valence-corrected chi connectivity index (χ2v) is 6.53. The molecule has 0 N–H and O–H groups in total. The van der Waals surface area contributed by atoms with Gasteiger partial charge in [-0.15, -0.1) is 0 Å². The zero-order chi connectivity index (χ0) is 18.1. The lowest BCUT2D eigenvalue weighted by atomic mass is 9.97. The largest absolute Gasteiger partial charge is 0.335 e. The van der Waals surface area contributed by atoms with Gasteiger partial charge in [0.25, 0.3) is 5.56 Å². The van der Waals surface area contributed by atoms with Gasteiger partial charge in [0.05, 0.1) is 5.69 Å². The normalized spacial score (nSPS) is 10.9. The highest BCUT2D eigenvalue weighted by Gasteiger charge is 2.13. The predicted octanol–water partition coefficient (Wildman–Crippen LogP) is 3.05. The van der Waals surface area contributed by atoms with Crippen molar-refractivity contribution in [2.24, 2.45) is 7.05 Å². The van der Waals surface area contributed by atoms with Crippen LogP contribution in [0.25, 0.3) is 5.69 Å². The van der Waals surface area contributed by atoms with E-state index in [0.717, 1.165) is 23.1 Å². The number of hydrogen-bond donors (Lipinski definition) is 0. The first kappa shape index (κ1) is 17.0. The summed E-state index contributed by atoms with van der Waals surface area (Å²) < 4.78 is 2.76. The van der Waals surface area contributed by atoms with Crippen LogP contribution in [-0.2, 0) is 13.5 Å². The number of nitrogens with zero attached hydrogens (tertiary/aromatic N) is 2. The van der Waals surface area contributed by atoms with Crippen molar-refractivity contribution in [3.63, 3.8) is 0 Å². The first-order valence-electron chi connectivity index (χ1n) is 8.32. The van der Waals surface area contributed by atoms with Gasteiger partial charge in [0.1, 0.15) is 0 Å². The molecule has 3 aromatic rings. The molecule has 128 valence electrons. The lowest BCUT2D eigenvalue weighted by Crippen LogP contribution is -2.38. The molecule has 0 unspecified atom stereocenters. The van der Waals surface area contributed by atoms with Crippen LogP contribution in [0.1, 0.15) is 27.9 Å². The Hall–Kier alpha value is -2.88. The molecule has 0 radical (unpaired) electrons. The van der Waals surface area contributed by atoms with Gasteiger partial charge >= 0.3 is 5.69 Å². The molecular formula is C21H22N2O2. The highest BCUT2D eigenvalue weighted by Crippen LogP contribution is 2.21. The number of aromatic nitrogens is 2. The molecule has 0 aliphatic heterocycles. The van der Waals surface area contributed by atoms with Gasteiger partial charge in [0, 0.05) is 18.8 Å². The Kier molecular flexibility index (Phi) is 4.45. The van der Waals surface area contributed by atoms with Crippen molar-refractivity contribution in [2.45, 2.75) is 27.2 Å². The Morgan fingerprint density at radius 3 is 2.24 bits per heavy atom. The minimum Gasteiger partial charge on any atom is -0.301 e. The van der Waals surface area contributed by atoms with Crippen molar-refractivity contribution >= 4 is 0 Å². The molecule has 0 saturated heterocycles. The Labute approximate surface area is 147 Å². The van der Waals surface area contributed by atoms with Gasteiger partial charge in [-0.2, -0.15) is 0 Å². The summed E-state index contributed by atoms with van der Waals surface area (Å²) in [6, 6.07) is 15.7. The topological polar surface area (TPSA) is 44.0 Å². The number of rotatable bonds is 3. The van der Waals surface area contributed by atoms with E-state index in [9.17, 15) is 9.59 Å². The second-order valence-electron chi connectivity index (χ2n) is 6.53. The fourth-order valence-electron chi connectivity index (χ4n) is 3.09. The smallest absolute Gasteiger partial charge is 0.301 e. The Balaban J connectivity index is 2.19. The van der Waals surface area contributed by atoms with Gasteiger partial charge in [-0.25, -0.2) is 9.36 Å². The maximum absolute atomic E-state index is 12.6. The van der Waals surface area contributed by atoms with E-state index in [1.807, 2.05) is 37.3 Å². The van der Waals surface area contributed by atoms with Gasteiger partial charge in [0.15, 0.2) is 0 Å². The van der Waals surface area contributed by atoms with E-state index in [4.69, 9.17) is 0 Å². The van der Waals surface area contributed by atoms with E-state index < -0.39 is 0 Å². The molecule has 0 fully saturated rings. The minimum atomic E-state index is -0.317. The van der Waals surface area contributed by atoms with Crippen LogP contribution in [0.5, 0.6) is 0 Å². The summed E-state index contributed by atoms with van der Waals surface area (Å²) in [6.45, 7) is 5.75. The van der Waals surface area contributed by atoms with Crippen molar-refractivity contribution in [1.82, 2.24) is 9.13 Å². The molecule has 25 heavy (non-hydrogen) atoms. The SMILES string of the molecule is Cc1cc(C)c(-n2c(=O)cc(C)n(C)c2=O)cc1Cc1ccccc1. The molecule has 0 aliphatic carbocycles. The van der Waals surface area contributed by atoms with Crippen molar-refractivity contribution < 1.29 is 0 Å². The van der Waals surface area contributed by atoms with Crippen molar-refractivity contribution in [1.29, 1.82) is 0 Å². The lowest BCUT2D eigenvalue weighted by Gasteiger charge is -2.15. The van der Waals surface area contributed by atoms with E-state index in [1.165, 1.54) is 20.8 Å². The second kappa shape index (κ2) is 6.55. The van der Waals surface area contributed by atoms with Crippen LogP contribution in [-0.4, -0.2) is 9.13 Å². The van der Waals surface area contributed by atoms with Crippen LogP contribution in [0.2, 0.25) is 0 Å². The fourth-order valence-corrected chi connectivity index (χ4v) is 3.09. The molecule has 3 rings (SSSR count). The molecule has 0 atom stereocenters. The van der Waals surface area contributed by atoms with Gasteiger partial charge < -0.3 is 4.57 Å². The number of hydrogen-bond acceptors (Lipinski definition) is 2. The van der Waals surface area contributed by atoms with Crippen molar-refractivity contribution in [3.8, 4) is 5.69 Å². The average molecular weight is 334 g/mol. The van der Waals surface area contributed by atoms with E-state index in [-0.39, 0.29) is 11.2 Å². The summed E-state index contributed by atoms with van der Waals surface area (Å²) >= 11 is 0. The first-order valence-corrected chi connectivity index (χ1v) is 8.32. The van der Waals surface area contributed by atoms with Crippen LogP contribution < -0.4 is 11.2 Å². The number of benzene rings is 2. The average Bonchev–Trinajstić information content (AvgIpc) is 2.57. The minimum absolute atomic E-state index is 0.293. The predicted molar refractivity (Wildman–Crippen MR) is 101 cm³/mol. The summed E-state index contributed by atoms with van der Waals surface area (Å²) in [4.78, 5) is 25.1. The van der Waals surface area contributed by atoms with Gasteiger partial charge in [0.2, 0.25) is 0 Å². The van der Waals surface area contributed by atoms with E-state index >= 15 is 0 Å².